The van der Waals surface area contributed by atoms with Crippen molar-refractivity contribution in [3.05, 3.63) is 200 Å². The van der Waals surface area contributed by atoms with Crippen LogP contribution in [-0.4, -0.2) is 6.71 Å². The summed E-state index contributed by atoms with van der Waals surface area (Å²) in [6.45, 7) is 47.0. The number of benzene rings is 8. The van der Waals surface area contributed by atoms with E-state index in [1.54, 1.807) is 0 Å². The van der Waals surface area contributed by atoms with Gasteiger partial charge >= 0.3 is 0 Å². The number of hydrogen-bond acceptors (Lipinski definition) is 3. The van der Waals surface area contributed by atoms with E-state index in [0.29, 0.717) is 5.56 Å². The Morgan fingerprint density at radius 3 is 1.53 bits per heavy atom. The number of aryl methyl sites for hydroxylation is 3. The average Bonchev–Trinajstić information content (AvgIpc) is 0.998. The molecule has 4 heteroatoms. The summed E-state index contributed by atoms with van der Waals surface area (Å²) >= 11 is 0. The molecule has 5 aliphatic rings. The van der Waals surface area contributed by atoms with Crippen LogP contribution in [0.1, 0.15) is 228 Å². The van der Waals surface area contributed by atoms with E-state index in [-0.39, 0.29) is 50.0 Å². The molecule has 0 amide bonds. The van der Waals surface area contributed by atoms with Gasteiger partial charge < -0.3 is 14.7 Å². The van der Waals surface area contributed by atoms with Gasteiger partial charge in [-0.15, -0.1) is 0 Å². The van der Waals surface area contributed by atoms with Crippen molar-refractivity contribution in [2.75, 3.05) is 14.7 Å². The maximum absolute atomic E-state index is 9.59. The summed E-state index contributed by atoms with van der Waals surface area (Å²) in [6.07, 6.45) is 4.37. The predicted octanol–water partition coefficient (Wildman–Crippen LogP) is 21.1. The normalized spacial score (nSPS) is 18.8. The summed E-state index contributed by atoms with van der Waals surface area (Å²) in [4.78, 5) is 7.56. The van der Waals surface area contributed by atoms with E-state index in [4.69, 9.17) is 0 Å². The van der Waals surface area contributed by atoms with E-state index >= 15 is 0 Å². The van der Waals surface area contributed by atoms with Crippen molar-refractivity contribution in [1.29, 1.82) is 0 Å². The van der Waals surface area contributed by atoms with Crippen LogP contribution in [0.25, 0.3) is 11.1 Å². The minimum Gasteiger partial charge on any atom is -0.311 e. The van der Waals surface area contributed by atoms with Crippen LogP contribution in [0.4, 0.5) is 51.2 Å². The molecule has 13 rings (SSSR count). The maximum atomic E-state index is 9.59. The highest BCUT2D eigenvalue weighted by Gasteiger charge is 2.49. The van der Waals surface area contributed by atoms with Crippen molar-refractivity contribution < 1.29 is 4.11 Å². The van der Waals surface area contributed by atoms with Crippen molar-refractivity contribution in [3.8, 4) is 11.1 Å². The molecule has 0 saturated heterocycles. The summed E-state index contributed by atoms with van der Waals surface area (Å²) in [5, 5.41) is 0. The molecular formula is C82H96BN3. The fraction of sp³-hybridized carbons (Fsp3) is 0.415. The average molecular weight is 1140 g/mol. The number of rotatable bonds is 5. The molecule has 2 aliphatic heterocycles. The van der Waals surface area contributed by atoms with Gasteiger partial charge in [0.25, 0.3) is 6.71 Å². The van der Waals surface area contributed by atoms with Crippen LogP contribution in [0.5, 0.6) is 0 Å². The van der Waals surface area contributed by atoms with E-state index in [1.165, 1.54) is 83.3 Å². The van der Waals surface area contributed by atoms with Gasteiger partial charge in [-0.25, -0.2) is 0 Å². The van der Waals surface area contributed by atoms with E-state index < -0.39 is 6.85 Å². The van der Waals surface area contributed by atoms with Crippen LogP contribution in [-0.2, 0) is 43.3 Å². The quantitative estimate of drug-likeness (QED) is 0.159. The van der Waals surface area contributed by atoms with Gasteiger partial charge in [-0.3, -0.25) is 0 Å². The third-order valence-corrected chi connectivity index (χ3v) is 21.7. The molecule has 0 atom stereocenters. The molecule has 0 saturated carbocycles. The van der Waals surface area contributed by atoms with Gasteiger partial charge in [0, 0.05) is 55.0 Å². The zero-order valence-electron chi connectivity index (χ0n) is 58.9. The van der Waals surface area contributed by atoms with Gasteiger partial charge in [0.05, 0.1) is 5.69 Å². The molecular weight excluding hydrogens is 1040 g/mol. The zero-order valence-corrected chi connectivity index (χ0v) is 55.9. The Kier molecular flexibility index (Phi) is 12.0. The Morgan fingerprint density at radius 2 is 0.977 bits per heavy atom. The van der Waals surface area contributed by atoms with E-state index in [0.717, 1.165) is 82.3 Å². The first-order valence-corrected chi connectivity index (χ1v) is 32.3. The van der Waals surface area contributed by atoms with Crippen molar-refractivity contribution in [3.63, 3.8) is 0 Å². The standard InChI is InChI=1S/C82H96BN3/c1-49-41-70-74-71(42-49)86(67-36-31-57-56-25-23-24-26-58(56)82(21,22)72(57)73(67)77(10,11)12)68-46-55(84(65-34-27-52(43-50(65)2)75(4,5)6)66-35-28-53(44-51(66)3)76(7,8)9)30-33-63(68)83(74)64-47-61-62(81(19,20)40-39-80(61,17)18)48-69(64)85(70)54-29-32-59-60(45-54)79(15,16)38-37-78(59,13)14/h23-36,41-48H,37-40H2,1-22H3/i1D3. The monoisotopic (exact) mass is 1140 g/mol. The summed E-state index contributed by atoms with van der Waals surface area (Å²) < 4.78 is 28.8. The van der Waals surface area contributed by atoms with E-state index in [1.807, 2.05) is 0 Å². The number of hydrogen-bond donors (Lipinski definition) is 0. The Balaban J connectivity index is 1.19. The summed E-state index contributed by atoms with van der Waals surface area (Å²) in [5.41, 5.74) is 29.5. The SMILES string of the molecule is [2H]C([2H])([2H])c1cc2c3c(c1)N(c1ccc4c(c1C(C)(C)C)C(C)(C)c1ccccc1-4)c1cc(N(c4ccc(C(C)(C)C)cc4C)c4ccc(C(C)(C)C)cc4C)ccc1B3c1cc3c(cc1N2c1ccc2c(c1)C(C)(C)CCC2(C)C)C(C)(C)CCC3(C)C. The van der Waals surface area contributed by atoms with Crippen LogP contribution in [0.3, 0.4) is 0 Å². The number of anilines is 9. The van der Waals surface area contributed by atoms with Gasteiger partial charge in [-0.1, -0.05) is 204 Å². The highest BCUT2D eigenvalue weighted by atomic mass is 15.2. The Bertz CT molecular complexity index is 4220. The topological polar surface area (TPSA) is 9.72 Å². The molecule has 3 nitrogen and oxygen atoms in total. The number of fused-ring (bicyclic) bond motifs is 9. The minimum absolute atomic E-state index is 0.0155. The van der Waals surface area contributed by atoms with Crippen LogP contribution in [0, 0.1) is 20.7 Å². The molecule has 2 heterocycles. The lowest BCUT2D eigenvalue weighted by Crippen LogP contribution is -2.62. The number of nitrogens with zero attached hydrogens (tertiary/aromatic N) is 3. The molecule has 8 aromatic carbocycles. The van der Waals surface area contributed by atoms with Crippen LogP contribution >= 0.6 is 0 Å². The second-order valence-corrected chi connectivity index (χ2v) is 33.1. The van der Waals surface area contributed by atoms with Gasteiger partial charge in [0.2, 0.25) is 0 Å². The van der Waals surface area contributed by atoms with Crippen LogP contribution in [0.2, 0.25) is 0 Å². The van der Waals surface area contributed by atoms with Crippen LogP contribution < -0.4 is 31.1 Å². The molecule has 86 heavy (non-hydrogen) atoms. The summed E-state index contributed by atoms with van der Waals surface area (Å²) in [7, 11) is 0. The highest BCUT2D eigenvalue weighted by molar-refractivity contribution is 7.00. The minimum atomic E-state index is -2.44. The first-order valence-electron chi connectivity index (χ1n) is 33.8. The molecule has 0 fully saturated rings. The first-order chi connectivity index (χ1) is 41.2. The third-order valence-electron chi connectivity index (χ3n) is 21.7. The molecule has 3 aliphatic carbocycles. The molecule has 0 spiro atoms. The molecule has 0 bridgehead atoms. The first kappa shape index (κ1) is 54.6. The fourth-order valence-corrected chi connectivity index (χ4v) is 16.4. The molecule has 442 valence electrons. The largest absolute Gasteiger partial charge is 0.311 e. The molecule has 0 N–H and O–H groups in total. The molecule has 0 unspecified atom stereocenters. The van der Waals surface area contributed by atoms with Crippen molar-refractivity contribution in [2.45, 2.75) is 221 Å². The Morgan fingerprint density at radius 1 is 0.442 bits per heavy atom. The van der Waals surface area contributed by atoms with Crippen molar-refractivity contribution in [2.24, 2.45) is 0 Å². The lowest BCUT2D eigenvalue weighted by Gasteiger charge is -2.48. The molecule has 0 radical (unpaired) electrons. The van der Waals surface area contributed by atoms with E-state index in [2.05, 4.69) is 294 Å². The van der Waals surface area contributed by atoms with Crippen molar-refractivity contribution in [1.82, 2.24) is 0 Å². The second-order valence-electron chi connectivity index (χ2n) is 33.1. The third kappa shape index (κ3) is 8.85. The fourth-order valence-electron chi connectivity index (χ4n) is 16.4. The Hall–Kier alpha value is -6.78. The predicted molar refractivity (Wildman–Crippen MR) is 374 cm³/mol. The van der Waals surface area contributed by atoms with Gasteiger partial charge in [0.15, 0.2) is 0 Å². The van der Waals surface area contributed by atoms with Gasteiger partial charge in [0.1, 0.15) is 0 Å². The van der Waals surface area contributed by atoms with Gasteiger partial charge in [-0.2, -0.15) is 0 Å². The molecule has 0 aromatic heterocycles. The zero-order chi connectivity index (χ0) is 64.2. The lowest BCUT2D eigenvalue weighted by atomic mass is 9.33. The van der Waals surface area contributed by atoms with Crippen molar-refractivity contribution >= 4 is 74.3 Å². The summed E-state index contributed by atoms with van der Waals surface area (Å²) in [6, 6.07) is 51.7. The summed E-state index contributed by atoms with van der Waals surface area (Å²) in [5.74, 6) is 0. The Labute approximate surface area is 523 Å². The maximum Gasteiger partial charge on any atom is 0.252 e. The lowest BCUT2D eigenvalue weighted by molar-refractivity contribution is 0.332. The van der Waals surface area contributed by atoms with E-state index in [9.17, 15) is 4.11 Å². The van der Waals surface area contributed by atoms with Gasteiger partial charge in [-0.05, 0) is 239 Å². The molecule has 8 aromatic rings. The highest BCUT2D eigenvalue weighted by Crippen LogP contribution is 2.58. The van der Waals surface area contributed by atoms with Crippen LogP contribution in [0.15, 0.2) is 133 Å². The smallest absolute Gasteiger partial charge is 0.252 e. The second kappa shape index (κ2) is 18.9.